The van der Waals surface area contributed by atoms with Crippen LogP contribution in [0.25, 0.3) is 0 Å². The number of nitrogens with one attached hydrogen (secondary N) is 1. The first kappa shape index (κ1) is 13.8. The molecule has 0 aromatic heterocycles. The van der Waals surface area contributed by atoms with Crippen LogP contribution in [0.5, 0.6) is 0 Å². The molecule has 0 aliphatic rings. The maximum Gasteiger partial charge on any atom is 0.0992 e. The molecule has 1 rings (SSSR count). The van der Waals surface area contributed by atoms with Crippen LogP contribution in [0.4, 0.5) is 0 Å². The van der Waals surface area contributed by atoms with E-state index in [1.807, 2.05) is 30.3 Å². The highest BCUT2D eigenvalue weighted by Crippen LogP contribution is 2.19. The van der Waals surface area contributed by atoms with E-state index in [0.29, 0.717) is 6.54 Å². The second-order valence-electron chi connectivity index (χ2n) is 4.53. The van der Waals surface area contributed by atoms with Crippen LogP contribution in [0.2, 0.25) is 0 Å². The smallest absolute Gasteiger partial charge is 0.0992 e. The first-order valence-electron chi connectivity index (χ1n) is 6.07. The average Bonchev–Trinajstić information content (AvgIpc) is 2.35. The highest BCUT2D eigenvalue weighted by atomic mass is 16.3. The number of terminal acetylenes is 1. The van der Waals surface area contributed by atoms with Gasteiger partial charge in [-0.15, -0.1) is 6.42 Å². The summed E-state index contributed by atoms with van der Waals surface area (Å²) < 4.78 is 0. The number of aliphatic hydroxyl groups is 1. The van der Waals surface area contributed by atoms with E-state index in [1.54, 1.807) is 6.92 Å². The molecule has 0 aliphatic heterocycles. The Morgan fingerprint density at radius 1 is 1.41 bits per heavy atom. The van der Waals surface area contributed by atoms with Crippen molar-refractivity contribution in [3.63, 3.8) is 0 Å². The fourth-order valence-corrected chi connectivity index (χ4v) is 1.75. The molecule has 2 atom stereocenters. The van der Waals surface area contributed by atoms with Crippen LogP contribution in [-0.4, -0.2) is 17.7 Å². The fraction of sp³-hybridized carbons (Fsp3) is 0.467. The SMILES string of the molecule is C#CC(CCC)NCC(C)(O)c1ccccc1. The van der Waals surface area contributed by atoms with Crippen LogP contribution in [0.15, 0.2) is 30.3 Å². The van der Waals surface area contributed by atoms with Crippen molar-refractivity contribution in [2.45, 2.75) is 38.3 Å². The van der Waals surface area contributed by atoms with E-state index in [4.69, 9.17) is 6.42 Å². The molecule has 0 spiro atoms. The average molecular weight is 231 g/mol. The Morgan fingerprint density at radius 2 is 2.06 bits per heavy atom. The summed E-state index contributed by atoms with van der Waals surface area (Å²) in [6.45, 7) is 4.36. The molecular weight excluding hydrogens is 210 g/mol. The van der Waals surface area contributed by atoms with Crippen molar-refractivity contribution in [1.29, 1.82) is 0 Å². The number of benzene rings is 1. The van der Waals surface area contributed by atoms with E-state index in [0.717, 1.165) is 18.4 Å². The van der Waals surface area contributed by atoms with Crippen LogP contribution in [0.3, 0.4) is 0 Å². The molecule has 2 heteroatoms. The summed E-state index contributed by atoms with van der Waals surface area (Å²) in [5, 5.41) is 13.6. The molecule has 2 unspecified atom stereocenters. The van der Waals surface area contributed by atoms with Crippen LogP contribution in [0.1, 0.15) is 32.3 Å². The second kappa shape index (κ2) is 6.44. The van der Waals surface area contributed by atoms with Gasteiger partial charge in [0.15, 0.2) is 0 Å². The minimum Gasteiger partial charge on any atom is -0.384 e. The van der Waals surface area contributed by atoms with Crippen molar-refractivity contribution < 1.29 is 5.11 Å². The molecule has 1 aromatic rings. The molecule has 0 fully saturated rings. The van der Waals surface area contributed by atoms with Gasteiger partial charge in [-0.3, -0.25) is 0 Å². The fourth-order valence-electron chi connectivity index (χ4n) is 1.75. The molecule has 0 saturated carbocycles. The molecule has 92 valence electrons. The van der Waals surface area contributed by atoms with Crippen molar-refractivity contribution in [2.24, 2.45) is 0 Å². The molecule has 0 amide bonds. The van der Waals surface area contributed by atoms with Crippen molar-refractivity contribution in [3.8, 4) is 12.3 Å². The van der Waals surface area contributed by atoms with Gasteiger partial charge in [0, 0.05) is 6.54 Å². The van der Waals surface area contributed by atoms with Crippen molar-refractivity contribution in [2.75, 3.05) is 6.54 Å². The van der Waals surface area contributed by atoms with Gasteiger partial charge in [0.1, 0.15) is 0 Å². The molecule has 2 N–H and O–H groups in total. The van der Waals surface area contributed by atoms with E-state index in [2.05, 4.69) is 18.2 Å². The maximum absolute atomic E-state index is 10.4. The zero-order valence-corrected chi connectivity index (χ0v) is 10.6. The lowest BCUT2D eigenvalue weighted by Crippen LogP contribution is -2.40. The van der Waals surface area contributed by atoms with Crippen molar-refractivity contribution >= 4 is 0 Å². The standard InChI is InChI=1S/C15H21NO/c1-4-9-14(5-2)16-12-15(3,17)13-10-7-6-8-11-13/h2,6-8,10-11,14,16-17H,4,9,12H2,1,3H3. The third-order valence-corrected chi connectivity index (χ3v) is 2.87. The number of hydrogen-bond acceptors (Lipinski definition) is 2. The molecule has 1 aromatic carbocycles. The van der Waals surface area contributed by atoms with Crippen LogP contribution in [0, 0.1) is 12.3 Å². The van der Waals surface area contributed by atoms with Crippen molar-refractivity contribution in [1.82, 2.24) is 5.32 Å². The van der Waals surface area contributed by atoms with Gasteiger partial charge >= 0.3 is 0 Å². The Labute approximate surface area is 104 Å². The highest BCUT2D eigenvalue weighted by Gasteiger charge is 2.23. The third kappa shape index (κ3) is 4.22. The van der Waals surface area contributed by atoms with Crippen LogP contribution >= 0.6 is 0 Å². The molecule has 0 saturated heterocycles. The molecule has 0 bridgehead atoms. The summed E-state index contributed by atoms with van der Waals surface area (Å²) in [5.74, 6) is 2.70. The summed E-state index contributed by atoms with van der Waals surface area (Å²) in [6.07, 6.45) is 7.40. The number of hydrogen-bond donors (Lipinski definition) is 2. The molecule has 17 heavy (non-hydrogen) atoms. The Bertz CT molecular complexity index is 364. The lowest BCUT2D eigenvalue weighted by Gasteiger charge is -2.26. The summed E-state index contributed by atoms with van der Waals surface area (Å²) >= 11 is 0. The quantitative estimate of drug-likeness (QED) is 0.736. The first-order valence-corrected chi connectivity index (χ1v) is 6.07. The summed E-state index contributed by atoms with van der Waals surface area (Å²) in [4.78, 5) is 0. The number of rotatable bonds is 6. The van der Waals surface area contributed by atoms with Gasteiger partial charge in [-0.05, 0) is 18.9 Å². The van der Waals surface area contributed by atoms with Gasteiger partial charge in [-0.25, -0.2) is 0 Å². The molecule has 0 radical (unpaired) electrons. The molecule has 2 nitrogen and oxygen atoms in total. The van der Waals surface area contributed by atoms with Gasteiger partial charge in [0.25, 0.3) is 0 Å². The Balaban J connectivity index is 2.59. The zero-order valence-electron chi connectivity index (χ0n) is 10.6. The van der Waals surface area contributed by atoms with E-state index in [-0.39, 0.29) is 6.04 Å². The Morgan fingerprint density at radius 3 is 2.59 bits per heavy atom. The Hall–Kier alpha value is -1.30. The highest BCUT2D eigenvalue weighted by molar-refractivity contribution is 5.22. The molecule has 0 heterocycles. The monoisotopic (exact) mass is 231 g/mol. The summed E-state index contributed by atoms with van der Waals surface area (Å²) in [7, 11) is 0. The minimum absolute atomic E-state index is 0.0372. The largest absolute Gasteiger partial charge is 0.384 e. The van der Waals surface area contributed by atoms with Crippen LogP contribution < -0.4 is 5.32 Å². The summed E-state index contributed by atoms with van der Waals surface area (Å²) in [6, 6.07) is 9.67. The first-order chi connectivity index (χ1) is 8.10. The second-order valence-corrected chi connectivity index (χ2v) is 4.53. The normalized spacial score (nSPS) is 15.9. The zero-order chi connectivity index (χ0) is 12.7. The predicted molar refractivity (Wildman–Crippen MR) is 71.5 cm³/mol. The molecular formula is C15H21NO. The summed E-state index contributed by atoms with van der Waals surface area (Å²) in [5.41, 5.74) is 0.0177. The topological polar surface area (TPSA) is 32.3 Å². The van der Waals surface area contributed by atoms with E-state index >= 15 is 0 Å². The predicted octanol–water partition coefficient (Wildman–Crippen LogP) is 2.29. The minimum atomic E-state index is -0.885. The van der Waals surface area contributed by atoms with Crippen molar-refractivity contribution in [3.05, 3.63) is 35.9 Å². The third-order valence-electron chi connectivity index (χ3n) is 2.87. The Kier molecular flexibility index (Phi) is 5.21. The van der Waals surface area contributed by atoms with Gasteiger partial charge in [-0.2, -0.15) is 0 Å². The lowest BCUT2D eigenvalue weighted by molar-refractivity contribution is 0.0553. The van der Waals surface area contributed by atoms with E-state index in [1.165, 1.54) is 0 Å². The van der Waals surface area contributed by atoms with Crippen LogP contribution in [-0.2, 0) is 5.60 Å². The van der Waals surface area contributed by atoms with Gasteiger partial charge < -0.3 is 10.4 Å². The van der Waals surface area contributed by atoms with E-state index < -0.39 is 5.60 Å². The maximum atomic E-state index is 10.4. The van der Waals surface area contributed by atoms with E-state index in [9.17, 15) is 5.11 Å². The van der Waals surface area contributed by atoms with Gasteiger partial charge in [0.2, 0.25) is 0 Å². The lowest BCUT2D eigenvalue weighted by atomic mass is 9.95. The van der Waals surface area contributed by atoms with Gasteiger partial charge in [0.05, 0.1) is 11.6 Å². The van der Waals surface area contributed by atoms with Gasteiger partial charge in [-0.1, -0.05) is 49.6 Å². The molecule has 0 aliphatic carbocycles.